The van der Waals surface area contributed by atoms with E-state index >= 15 is 0 Å². The minimum atomic E-state index is -0.400. The quantitative estimate of drug-likeness (QED) is 0.826. The number of carbonyl (C=O) groups excluding carboxylic acids is 2. The van der Waals surface area contributed by atoms with Crippen LogP contribution in [0.4, 0.5) is 5.69 Å². The molecular weight excluding hydrogens is 331 g/mol. The van der Waals surface area contributed by atoms with Crippen LogP contribution in [0.5, 0.6) is 0 Å². The molecule has 0 spiro atoms. The minimum absolute atomic E-state index is 0.0319. The van der Waals surface area contributed by atoms with Gasteiger partial charge in [-0.05, 0) is 47.2 Å². The Labute approximate surface area is 113 Å². The average Bonchev–Trinajstić information content (AvgIpc) is 2.61. The Morgan fingerprint density at radius 3 is 2.76 bits per heavy atom. The molecule has 1 saturated heterocycles. The topological polar surface area (TPSA) is 63.4 Å². The fourth-order valence-electron chi connectivity index (χ4n) is 1.96. The highest BCUT2D eigenvalue weighted by molar-refractivity contribution is 14.1. The molecule has 1 aliphatic rings. The van der Waals surface area contributed by atoms with Gasteiger partial charge in [-0.25, -0.2) is 0 Å². The van der Waals surface area contributed by atoms with Crippen molar-refractivity contribution in [3.63, 3.8) is 0 Å². The first-order valence-corrected chi connectivity index (χ1v) is 6.42. The van der Waals surface area contributed by atoms with Crippen molar-refractivity contribution >= 4 is 40.1 Å². The van der Waals surface area contributed by atoms with Crippen molar-refractivity contribution in [2.75, 3.05) is 11.4 Å². The first kappa shape index (κ1) is 12.3. The Hall–Kier alpha value is -1.11. The number of primary amides is 1. The number of hydrogen-bond donors (Lipinski definition) is 1. The van der Waals surface area contributed by atoms with Crippen LogP contribution >= 0.6 is 22.6 Å². The normalized spacial score (nSPS) is 19.8. The zero-order valence-corrected chi connectivity index (χ0v) is 11.6. The Balaban J connectivity index is 2.29. The van der Waals surface area contributed by atoms with Gasteiger partial charge in [0.15, 0.2) is 0 Å². The first-order chi connectivity index (χ1) is 7.99. The molecule has 4 nitrogen and oxygen atoms in total. The molecule has 1 atom stereocenters. The summed E-state index contributed by atoms with van der Waals surface area (Å²) in [7, 11) is 0. The van der Waals surface area contributed by atoms with Crippen molar-refractivity contribution in [2.45, 2.75) is 13.3 Å². The molecule has 17 heavy (non-hydrogen) atoms. The molecule has 0 aromatic heterocycles. The number of rotatable bonds is 2. The third-order valence-corrected chi connectivity index (χ3v) is 3.79. The minimum Gasteiger partial charge on any atom is -0.369 e. The summed E-state index contributed by atoms with van der Waals surface area (Å²) in [5.74, 6) is -0.793. The van der Waals surface area contributed by atoms with Crippen LogP contribution < -0.4 is 10.6 Å². The van der Waals surface area contributed by atoms with E-state index in [2.05, 4.69) is 22.6 Å². The largest absolute Gasteiger partial charge is 0.369 e. The molecule has 2 rings (SSSR count). The second kappa shape index (κ2) is 4.64. The number of amides is 2. The highest BCUT2D eigenvalue weighted by Crippen LogP contribution is 2.29. The number of anilines is 1. The van der Waals surface area contributed by atoms with Gasteiger partial charge in [0, 0.05) is 16.5 Å². The molecule has 2 amide bonds. The molecule has 1 unspecified atom stereocenters. The van der Waals surface area contributed by atoms with Crippen LogP contribution in [0, 0.1) is 16.4 Å². The summed E-state index contributed by atoms with van der Waals surface area (Å²) in [5, 5.41) is 0. The monoisotopic (exact) mass is 344 g/mol. The number of benzene rings is 1. The van der Waals surface area contributed by atoms with E-state index in [0.29, 0.717) is 6.54 Å². The zero-order valence-electron chi connectivity index (χ0n) is 9.44. The second-order valence-corrected chi connectivity index (χ2v) is 5.42. The molecule has 0 aliphatic carbocycles. The lowest BCUT2D eigenvalue weighted by Crippen LogP contribution is -2.28. The van der Waals surface area contributed by atoms with Crippen LogP contribution in [-0.4, -0.2) is 18.4 Å². The molecule has 1 fully saturated rings. The van der Waals surface area contributed by atoms with Gasteiger partial charge in [-0.2, -0.15) is 0 Å². The second-order valence-electron chi connectivity index (χ2n) is 4.26. The van der Waals surface area contributed by atoms with Crippen LogP contribution in [0.3, 0.4) is 0 Å². The molecule has 90 valence electrons. The van der Waals surface area contributed by atoms with Gasteiger partial charge in [0.2, 0.25) is 11.8 Å². The SMILES string of the molecule is Cc1ccc(N2CC(C(N)=O)CC2=O)c(I)c1. The van der Waals surface area contributed by atoms with E-state index in [1.807, 2.05) is 25.1 Å². The van der Waals surface area contributed by atoms with Crippen molar-refractivity contribution in [2.24, 2.45) is 11.7 Å². The van der Waals surface area contributed by atoms with E-state index in [1.54, 1.807) is 4.90 Å². The van der Waals surface area contributed by atoms with E-state index in [0.717, 1.165) is 14.8 Å². The van der Waals surface area contributed by atoms with Gasteiger partial charge in [-0.1, -0.05) is 6.07 Å². The van der Waals surface area contributed by atoms with Crippen molar-refractivity contribution < 1.29 is 9.59 Å². The van der Waals surface area contributed by atoms with Crippen LogP contribution in [0.2, 0.25) is 0 Å². The van der Waals surface area contributed by atoms with E-state index in [1.165, 1.54) is 0 Å². The number of hydrogen-bond acceptors (Lipinski definition) is 2. The highest BCUT2D eigenvalue weighted by atomic mass is 127. The average molecular weight is 344 g/mol. The van der Waals surface area contributed by atoms with Crippen LogP contribution in [0.1, 0.15) is 12.0 Å². The summed E-state index contributed by atoms with van der Waals surface area (Å²) in [5.41, 5.74) is 7.26. The Kier molecular flexibility index (Phi) is 3.37. The fraction of sp³-hybridized carbons (Fsp3) is 0.333. The molecule has 0 radical (unpaired) electrons. The molecule has 5 heteroatoms. The van der Waals surface area contributed by atoms with Crippen molar-refractivity contribution in [1.82, 2.24) is 0 Å². The van der Waals surface area contributed by atoms with Crippen molar-refractivity contribution in [1.29, 1.82) is 0 Å². The summed E-state index contributed by atoms with van der Waals surface area (Å²) >= 11 is 2.20. The van der Waals surface area contributed by atoms with Gasteiger partial charge < -0.3 is 10.6 Å². The first-order valence-electron chi connectivity index (χ1n) is 5.35. The van der Waals surface area contributed by atoms with Gasteiger partial charge in [0.25, 0.3) is 0 Å². The maximum Gasteiger partial charge on any atom is 0.227 e. The summed E-state index contributed by atoms with van der Waals surface area (Å²) in [6.07, 6.45) is 0.222. The summed E-state index contributed by atoms with van der Waals surface area (Å²) in [4.78, 5) is 24.6. The van der Waals surface area contributed by atoms with E-state index < -0.39 is 5.91 Å². The van der Waals surface area contributed by atoms with Gasteiger partial charge in [0.1, 0.15) is 0 Å². The third-order valence-electron chi connectivity index (χ3n) is 2.92. The lowest BCUT2D eigenvalue weighted by Gasteiger charge is -2.18. The number of aryl methyl sites for hydroxylation is 1. The van der Waals surface area contributed by atoms with Gasteiger partial charge in [0.05, 0.1) is 11.6 Å². The van der Waals surface area contributed by atoms with E-state index in [4.69, 9.17) is 5.73 Å². The van der Waals surface area contributed by atoms with Crippen molar-refractivity contribution in [3.05, 3.63) is 27.3 Å². The molecule has 1 heterocycles. The molecule has 1 aromatic carbocycles. The Morgan fingerprint density at radius 1 is 1.53 bits per heavy atom. The fourth-order valence-corrected chi connectivity index (χ4v) is 2.92. The lowest BCUT2D eigenvalue weighted by atomic mass is 10.1. The molecule has 0 bridgehead atoms. The van der Waals surface area contributed by atoms with Crippen LogP contribution in [0.25, 0.3) is 0 Å². The molecular formula is C12H13IN2O2. The maximum atomic E-state index is 11.8. The summed E-state index contributed by atoms with van der Waals surface area (Å²) < 4.78 is 1.01. The lowest BCUT2D eigenvalue weighted by molar-refractivity contribution is -0.123. The standard InChI is InChI=1S/C12H13IN2O2/c1-7-2-3-10(9(13)4-7)15-6-8(12(14)17)5-11(15)16/h2-4,8H,5-6H2,1H3,(H2,14,17). The molecule has 1 aliphatic heterocycles. The Morgan fingerprint density at radius 2 is 2.24 bits per heavy atom. The number of nitrogens with two attached hydrogens (primary N) is 1. The van der Waals surface area contributed by atoms with Gasteiger partial charge >= 0.3 is 0 Å². The Bertz CT molecular complexity index is 487. The predicted molar refractivity (Wildman–Crippen MR) is 73.6 cm³/mol. The molecule has 2 N–H and O–H groups in total. The smallest absolute Gasteiger partial charge is 0.227 e. The zero-order chi connectivity index (χ0) is 12.6. The maximum absolute atomic E-state index is 11.8. The predicted octanol–water partition coefficient (Wildman–Crippen LogP) is 1.44. The third kappa shape index (κ3) is 2.43. The molecule has 0 saturated carbocycles. The number of carbonyl (C=O) groups is 2. The van der Waals surface area contributed by atoms with Gasteiger partial charge in [-0.3, -0.25) is 9.59 Å². The van der Waals surface area contributed by atoms with Crippen molar-refractivity contribution in [3.8, 4) is 0 Å². The summed E-state index contributed by atoms with van der Waals surface area (Å²) in [6, 6.07) is 5.89. The summed E-state index contributed by atoms with van der Waals surface area (Å²) in [6.45, 7) is 2.40. The van der Waals surface area contributed by atoms with E-state index in [9.17, 15) is 9.59 Å². The van der Waals surface area contributed by atoms with Crippen LogP contribution in [-0.2, 0) is 9.59 Å². The highest BCUT2D eigenvalue weighted by Gasteiger charge is 2.34. The van der Waals surface area contributed by atoms with Gasteiger partial charge in [-0.15, -0.1) is 0 Å². The van der Waals surface area contributed by atoms with E-state index in [-0.39, 0.29) is 18.2 Å². The number of nitrogens with zero attached hydrogens (tertiary/aromatic N) is 1. The number of halogens is 1. The van der Waals surface area contributed by atoms with Crippen LogP contribution in [0.15, 0.2) is 18.2 Å². The molecule has 1 aromatic rings.